The molecule has 1 atom stereocenters. The first-order chi connectivity index (χ1) is 15.4. The summed E-state index contributed by atoms with van der Waals surface area (Å²) in [5, 5.41) is 11.7. The lowest BCUT2D eigenvalue weighted by molar-refractivity contribution is -0.137. The van der Waals surface area contributed by atoms with Crippen LogP contribution in [0.2, 0.25) is 0 Å². The number of hydrogen-bond acceptors (Lipinski definition) is 3. The average Bonchev–Trinajstić information content (AvgIpc) is 3.07. The summed E-state index contributed by atoms with van der Waals surface area (Å²) in [4.78, 5) is 23.7. The Morgan fingerprint density at radius 3 is 2.19 bits per heavy atom. The molecule has 0 unspecified atom stereocenters. The number of nitrogens with one attached hydrogen (secondary N) is 1. The maximum absolute atomic E-state index is 14.0. The molecule has 0 aliphatic heterocycles. The quantitative estimate of drug-likeness (QED) is 0.552. The van der Waals surface area contributed by atoms with Gasteiger partial charge in [0.05, 0.1) is 6.42 Å². The lowest BCUT2D eigenvalue weighted by atomic mass is 9.98. The second-order valence-corrected chi connectivity index (χ2v) is 7.70. The van der Waals surface area contributed by atoms with Gasteiger partial charge in [-0.2, -0.15) is 0 Å². The van der Waals surface area contributed by atoms with Crippen molar-refractivity contribution in [1.82, 2.24) is 5.32 Å². The Bertz CT molecular complexity index is 1120. The first-order valence-electron chi connectivity index (χ1n) is 10.2. The molecule has 1 aliphatic carbocycles. The van der Waals surface area contributed by atoms with Crippen LogP contribution in [-0.4, -0.2) is 29.8 Å². The number of carboxylic acid groups (broad SMARTS) is 1. The summed E-state index contributed by atoms with van der Waals surface area (Å²) in [6, 6.07) is 17.9. The molecule has 0 spiro atoms. The van der Waals surface area contributed by atoms with Crippen molar-refractivity contribution < 1.29 is 28.2 Å². The summed E-state index contributed by atoms with van der Waals surface area (Å²) < 4.78 is 32.6. The van der Waals surface area contributed by atoms with Crippen molar-refractivity contribution in [2.75, 3.05) is 6.61 Å². The van der Waals surface area contributed by atoms with E-state index < -0.39 is 36.2 Å². The van der Waals surface area contributed by atoms with Crippen molar-refractivity contribution in [1.29, 1.82) is 0 Å². The molecule has 0 aromatic heterocycles. The van der Waals surface area contributed by atoms with Crippen LogP contribution in [0.25, 0.3) is 11.1 Å². The zero-order chi connectivity index (χ0) is 22.7. The smallest absolute Gasteiger partial charge is 0.407 e. The van der Waals surface area contributed by atoms with E-state index in [1.165, 1.54) is 6.07 Å². The summed E-state index contributed by atoms with van der Waals surface area (Å²) in [5.41, 5.74) is 4.39. The number of carbonyl (C=O) groups is 2. The number of hydrogen-bond donors (Lipinski definition) is 2. The SMILES string of the molecule is O=C(O)C[C@@H](Cc1ccc(F)cc1F)NC(=O)OCC1c2ccccc2-c2ccccc21. The molecule has 0 radical (unpaired) electrons. The Kier molecular flexibility index (Phi) is 6.16. The lowest BCUT2D eigenvalue weighted by Crippen LogP contribution is -2.39. The highest BCUT2D eigenvalue weighted by Crippen LogP contribution is 2.44. The molecular formula is C25H21F2NO4. The Labute approximate surface area is 183 Å². The summed E-state index contributed by atoms with van der Waals surface area (Å²) in [5.74, 6) is -2.82. The van der Waals surface area contributed by atoms with E-state index >= 15 is 0 Å². The maximum Gasteiger partial charge on any atom is 0.407 e. The topological polar surface area (TPSA) is 75.6 Å². The third-order valence-corrected chi connectivity index (χ3v) is 5.57. The second-order valence-electron chi connectivity index (χ2n) is 7.70. The number of carbonyl (C=O) groups excluding carboxylic acids is 1. The predicted octanol–water partition coefficient (Wildman–Crippen LogP) is 4.89. The Balaban J connectivity index is 1.44. The van der Waals surface area contributed by atoms with Gasteiger partial charge >= 0.3 is 12.1 Å². The number of alkyl carbamates (subject to hydrolysis) is 1. The van der Waals surface area contributed by atoms with Crippen molar-refractivity contribution in [2.45, 2.75) is 24.8 Å². The van der Waals surface area contributed by atoms with Crippen molar-refractivity contribution in [2.24, 2.45) is 0 Å². The van der Waals surface area contributed by atoms with Crippen LogP contribution >= 0.6 is 0 Å². The molecular weight excluding hydrogens is 416 g/mol. The maximum atomic E-state index is 14.0. The number of rotatable bonds is 7. The fourth-order valence-electron chi connectivity index (χ4n) is 4.14. The molecule has 164 valence electrons. The fourth-order valence-corrected chi connectivity index (χ4v) is 4.14. The van der Waals surface area contributed by atoms with Crippen molar-refractivity contribution in [3.63, 3.8) is 0 Å². The van der Waals surface area contributed by atoms with Crippen LogP contribution in [0.4, 0.5) is 13.6 Å². The highest BCUT2D eigenvalue weighted by Gasteiger charge is 2.29. The van der Waals surface area contributed by atoms with Gasteiger partial charge in [-0.05, 0) is 40.3 Å². The van der Waals surface area contributed by atoms with Gasteiger partial charge in [-0.15, -0.1) is 0 Å². The van der Waals surface area contributed by atoms with E-state index in [-0.39, 0.29) is 24.5 Å². The Morgan fingerprint density at radius 2 is 1.59 bits per heavy atom. The number of fused-ring (bicyclic) bond motifs is 3. The Hall–Kier alpha value is -3.74. The van der Waals surface area contributed by atoms with Gasteiger partial charge in [0.2, 0.25) is 0 Å². The summed E-state index contributed by atoms with van der Waals surface area (Å²) in [6.07, 6.45) is -1.33. The van der Waals surface area contributed by atoms with Gasteiger partial charge in [0, 0.05) is 18.0 Å². The van der Waals surface area contributed by atoms with E-state index in [0.29, 0.717) is 0 Å². The molecule has 32 heavy (non-hydrogen) atoms. The molecule has 0 fully saturated rings. The number of benzene rings is 3. The van der Waals surface area contributed by atoms with Crippen molar-refractivity contribution >= 4 is 12.1 Å². The minimum atomic E-state index is -1.16. The number of amides is 1. The molecule has 0 heterocycles. The standard InChI is InChI=1S/C25H21F2NO4/c26-16-10-9-15(23(27)12-16)11-17(13-24(29)30)28-25(31)32-14-22-20-7-3-1-5-18(20)19-6-2-4-8-21(19)22/h1-10,12,17,22H,11,13-14H2,(H,28,31)(H,29,30)/t17-/m1/s1. The first-order valence-corrected chi connectivity index (χ1v) is 10.2. The first kappa shape index (κ1) is 21.5. The predicted molar refractivity (Wildman–Crippen MR) is 114 cm³/mol. The third-order valence-electron chi connectivity index (χ3n) is 5.57. The Morgan fingerprint density at radius 1 is 0.969 bits per heavy atom. The molecule has 2 N–H and O–H groups in total. The summed E-state index contributed by atoms with van der Waals surface area (Å²) >= 11 is 0. The van der Waals surface area contributed by atoms with Gasteiger partial charge in [0.1, 0.15) is 18.2 Å². The fraction of sp³-hybridized carbons (Fsp3) is 0.200. The highest BCUT2D eigenvalue weighted by molar-refractivity contribution is 5.79. The van der Waals surface area contributed by atoms with Gasteiger partial charge in [-0.3, -0.25) is 4.79 Å². The summed E-state index contributed by atoms with van der Waals surface area (Å²) in [7, 11) is 0. The van der Waals surface area contributed by atoms with E-state index in [1.807, 2.05) is 48.5 Å². The summed E-state index contributed by atoms with van der Waals surface area (Å²) in [6.45, 7) is 0.0740. The molecule has 7 heteroatoms. The second kappa shape index (κ2) is 9.18. The van der Waals surface area contributed by atoms with E-state index in [9.17, 15) is 18.4 Å². The molecule has 3 aromatic rings. The van der Waals surface area contributed by atoms with Crippen LogP contribution in [-0.2, 0) is 16.0 Å². The molecule has 3 aromatic carbocycles. The van der Waals surface area contributed by atoms with E-state index in [0.717, 1.165) is 34.4 Å². The van der Waals surface area contributed by atoms with Crippen LogP contribution in [0, 0.1) is 11.6 Å². The van der Waals surface area contributed by atoms with E-state index in [2.05, 4.69) is 5.32 Å². The van der Waals surface area contributed by atoms with Crippen molar-refractivity contribution in [3.8, 4) is 11.1 Å². The molecule has 4 rings (SSSR count). The molecule has 0 bridgehead atoms. The third kappa shape index (κ3) is 4.61. The molecule has 0 saturated heterocycles. The van der Waals surface area contributed by atoms with Gasteiger partial charge in [0.15, 0.2) is 0 Å². The number of ether oxygens (including phenoxy) is 1. The number of halogens is 2. The normalized spacial score (nSPS) is 13.2. The monoisotopic (exact) mass is 437 g/mol. The number of aliphatic carboxylic acids is 1. The van der Waals surface area contributed by atoms with E-state index in [4.69, 9.17) is 9.84 Å². The van der Waals surface area contributed by atoms with E-state index in [1.54, 1.807) is 0 Å². The van der Waals surface area contributed by atoms with Crippen LogP contribution in [0.15, 0.2) is 66.7 Å². The van der Waals surface area contributed by atoms with Gasteiger partial charge < -0.3 is 15.2 Å². The van der Waals surface area contributed by atoms with Crippen LogP contribution in [0.5, 0.6) is 0 Å². The lowest BCUT2D eigenvalue weighted by Gasteiger charge is -2.19. The molecule has 1 aliphatic rings. The molecule has 5 nitrogen and oxygen atoms in total. The van der Waals surface area contributed by atoms with Crippen LogP contribution < -0.4 is 5.32 Å². The van der Waals surface area contributed by atoms with Gasteiger partial charge in [-0.1, -0.05) is 54.6 Å². The van der Waals surface area contributed by atoms with Crippen LogP contribution in [0.1, 0.15) is 29.0 Å². The molecule has 1 amide bonds. The van der Waals surface area contributed by atoms with Gasteiger partial charge in [0.25, 0.3) is 0 Å². The zero-order valence-corrected chi connectivity index (χ0v) is 17.1. The zero-order valence-electron chi connectivity index (χ0n) is 17.1. The average molecular weight is 437 g/mol. The largest absolute Gasteiger partial charge is 0.481 e. The molecule has 0 saturated carbocycles. The van der Waals surface area contributed by atoms with Crippen molar-refractivity contribution in [3.05, 3.63) is 95.1 Å². The minimum absolute atomic E-state index is 0.0740. The number of carboxylic acids is 1. The highest BCUT2D eigenvalue weighted by atomic mass is 19.1. The van der Waals surface area contributed by atoms with Crippen LogP contribution in [0.3, 0.4) is 0 Å². The minimum Gasteiger partial charge on any atom is -0.481 e. The van der Waals surface area contributed by atoms with Gasteiger partial charge in [-0.25, -0.2) is 13.6 Å².